The molecule has 0 aliphatic rings. The summed E-state index contributed by atoms with van der Waals surface area (Å²) in [5.41, 5.74) is 0.674. The Morgan fingerprint density at radius 3 is 2.46 bits per heavy atom. The molecule has 0 rings (SSSR count). The van der Waals surface area contributed by atoms with Crippen molar-refractivity contribution >= 4 is 6.29 Å². The van der Waals surface area contributed by atoms with E-state index in [0.29, 0.717) is 5.92 Å². The van der Waals surface area contributed by atoms with Crippen LogP contribution in [-0.2, 0) is 4.79 Å². The van der Waals surface area contributed by atoms with E-state index in [-0.39, 0.29) is 5.41 Å². The Balaban J connectivity index is 4.25. The van der Waals surface area contributed by atoms with Crippen LogP contribution in [0, 0.1) is 11.3 Å². The summed E-state index contributed by atoms with van der Waals surface area (Å²) < 4.78 is 0. The van der Waals surface area contributed by atoms with Gasteiger partial charge in [-0.15, -0.1) is 0 Å². The fourth-order valence-corrected chi connectivity index (χ4v) is 1.34. The molecular weight excluding hydrogens is 160 g/mol. The van der Waals surface area contributed by atoms with Crippen molar-refractivity contribution in [1.82, 2.24) is 0 Å². The van der Waals surface area contributed by atoms with Gasteiger partial charge < -0.3 is 0 Å². The van der Waals surface area contributed by atoms with Gasteiger partial charge in [0.25, 0.3) is 0 Å². The molecule has 13 heavy (non-hydrogen) atoms. The Bertz CT molecular complexity index is 180. The molecule has 0 fully saturated rings. The van der Waals surface area contributed by atoms with Crippen LogP contribution >= 0.6 is 0 Å². The average Bonchev–Trinajstić information content (AvgIpc) is 2.12. The summed E-state index contributed by atoms with van der Waals surface area (Å²) in [6.45, 7) is 12.4. The van der Waals surface area contributed by atoms with E-state index in [4.69, 9.17) is 0 Å². The molecule has 0 aromatic rings. The second-order valence-corrected chi connectivity index (χ2v) is 4.41. The zero-order valence-corrected chi connectivity index (χ0v) is 9.39. The highest BCUT2D eigenvalue weighted by Crippen LogP contribution is 2.35. The third-order valence-electron chi connectivity index (χ3n) is 3.19. The number of allylic oxidation sites excluding steroid dienone is 1. The molecule has 0 spiro atoms. The van der Waals surface area contributed by atoms with E-state index in [0.717, 1.165) is 11.9 Å². The molecule has 0 bridgehead atoms. The van der Waals surface area contributed by atoms with Crippen LogP contribution in [-0.4, -0.2) is 6.29 Å². The number of hydrogen-bond acceptors (Lipinski definition) is 1. The summed E-state index contributed by atoms with van der Waals surface area (Å²) in [7, 11) is 0. The molecule has 1 heteroatoms. The van der Waals surface area contributed by atoms with Gasteiger partial charge in [-0.3, -0.25) is 4.79 Å². The van der Waals surface area contributed by atoms with Crippen LogP contribution in [0.5, 0.6) is 0 Å². The highest BCUT2D eigenvalue weighted by molar-refractivity contribution is 5.74. The highest BCUT2D eigenvalue weighted by Gasteiger charge is 2.27. The predicted molar refractivity (Wildman–Crippen MR) is 57.7 cm³/mol. The van der Waals surface area contributed by atoms with E-state index in [1.165, 1.54) is 19.3 Å². The van der Waals surface area contributed by atoms with Crippen LogP contribution in [0.1, 0.15) is 47.0 Å². The first-order chi connectivity index (χ1) is 5.96. The van der Waals surface area contributed by atoms with E-state index in [1.807, 2.05) is 0 Å². The molecule has 0 heterocycles. The number of carbonyl (C=O) groups is 1. The number of carbonyl (C=O) groups excluding carboxylic acids is 1. The highest BCUT2D eigenvalue weighted by atomic mass is 16.1. The van der Waals surface area contributed by atoms with Crippen molar-refractivity contribution in [3.05, 3.63) is 12.2 Å². The summed E-state index contributed by atoms with van der Waals surface area (Å²) in [4.78, 5) is 10.6. The minimum Gasteiger partial charge on any atom is -0.298 e. The van der Waals surface area contributed by atoms with Crippen molar-refractivity contribution in [2.75, 3.05) is 0 Å². The maximum absolute atomic E-state index is 10.6. The minimum atomic E-state index is -0.0447. The van der Waals surface area contributed by atoms with Gasteiger partial charge in [0.1, 0.15) is 6.29 Å². The molecule has 0 saturated heterocycles. The molecule has 1 unspecified atom stereocenters. The first kappa shape index (κ1) is 12.4. The molecule has 0 radical (unpaired) electrons. The Hall–Kier alpha value is -0.590. The molecule has 0 aromatic carbocycles. The Labute approximate surface area is 82.2 Å². The second kappa shape index (κ2) is 5.21. The fraction of sp³-hybridized carbons (Fsp3) is 0.750. The minimum absolute atomic E-state index is 0.0447. The first-order valence-electron chi connectivity index (χ1n) is 5.11. The predicted octanol–water partition coefficient (Wildman–Crippen LogP) is 3.59. The number of aldehydes is 1. The van der Waals surface area contributed by atoms with E-state index >= 15 is 0 Å². The third kappa shape index (κ3) is 3.33. The lowest BCUT2D eigenvalue weighted by Gasteiger charge is -2.31. The molecule has 1 nitrogen and oxygen atoms in total. The van der Waals surface area contributed by atoms with Crippen LogP contribution in [0.15, 0.2) is 12.2 Å². The maximum atomic E-state index is 10.6. The van der Waals surface area contributed by atoms with Gasteiger partial charge in [0, 0.05) is 0 Å². The Morgan fingerprint density at radius 1 is 1.54 bits per heavy atom. The molecule has 0 aliphatic carbocycles. The van der Waals surface area contributed by atoms with E-state index < -0.39 is 0 Å². The zero-order valence-electron chi connectivity index (χ0n) is 9.39. The van der Waals surface area contributed by atoms with Crippen LogP contribution in [0.25, 0.3) is 0 Å². The van der Waals surface area contributed by atoms with Crippen LogP contribution in [0.2, 0.25) is 0 Å². The molecule has 0 aliphatic heterocycles. The monoisotopic (exact) mass is 182 g/mol. The summed E-state index contributed by atoms with van der Waals surface area (Å²) in [6, 6.07) is 0. The van der Waals surface area contributed by atoms with Crippen molar-refractivity contribution < 1.29 is 4.79 Å². The van der Waals surface area contributed by atoms with Crippen molar-refractivity contribution in [3.8, 4) is 0 Å². The molecule has 0 N–H and O–H groups in total. The molecule has 76 valence electrons. The Morgan fingerprint density at radius 2 is 2.08 bits per heavy atom. The van der Waals surface area contributed by atoms with Crippen molar-refractivity contribution in [1.29, 1.82) is 0 Å². The Kier molecular flexibility index (Phi) is 4.97. The fourth-order valence-electron chi connectivity index (χ4n) is 1.34. The van der Waals surface area contributed by atoms with Gasteiger partial charge in [-0.05, 0) is 23.3 Å². The van der Waals surface area contributed by atoms with Gasteiger partial charge in [0.2, 0.25) is 0 Å². The van der Waals surface area contributed by atoms with E-state index in [1.54, 1.807) is 0 Å². The lowest BCUT2D eigenvalue weighted by atomic mass is 9.73. The van der Waals surface area contributed by atoms with Crippen LogP contribution < -0.4 is 0 Å². The number of unbranched alkanes of at least 4 members (excludes halogenated alkanes) is 1. The van der Waals surface area contributed by atoms with Gasteiger partial charge >= 0.3 is 0 Å². The lowest BCUT2D eigenvalue weighted by Crippen LogP contribution is -2.24. The van der Waals surface area contributed by atoms with Crippen LogP contribution in [0.4, 0.5) is 0 Å². The molecule has 0 amide bonds. The largest absolute Gasteiger partial charge is 0.298 e. The summed E-state index contributed by atoms with van der Waals surface area (Å²) in [6.07, 6.45) is 4.52. The number of hydrogen-bond donors (Lipinski definition) is 0. The smallest absolute Gasteiger partial charge is 0.145 e. The third-order valence-corrected chi connectivity index (χ3v) is 3.19. The van der Waals surface area contributed by atoms with E-state index in [2.05, 4.69) is 34.3 Å². The summed E-state index contributed by atoms with van der Waals surface area (Å²) >= 11 is 0. The van der Waals surface area contributed by atoms with Crippen molar-refractivity contribution in [2.24, 2.45) is 11.3 Å². The first-order valence-corrected chi connectivity index (χ1v) is 5.11. The zero-order chi connectivity index (χ0) is 10.5. The topological polar surface area (TPSA) is 17.1 Å². The normalized spacial score (nSPS) is 13.8. The second-order valence-electron chi connectivity index (χ2n) is 4.41. The van der Waals surface area contributed by atoms with Crippen molar-refractivity contribution in [2.45, 2.75) is 47.0 Å². The summed E-state index contributed by atoms with van der Waals surface area (Å²) in [5.74, 6) is 0.533. The molecular formula is C12H22O. The summed E-state index contributed by atoms with van der Waals surface area (Å²) in [5, 5.41) is 0. The van der Waals surface area contributed by atoms with Gasteiger partial charge in [0.05, 0.1) is 0 Å². The lowest BCUT2D eigenvalue weighted by molar-refractivity contribution is -0.106. The molecule has 1 atom stereocenters. The van der Waals surface area contributed by atoms with Crippen molar-refractivity contribution in [3.63, 3.8) is 0 Å². The van der Waals surface area contributed by atoms with Gasteiger partial charge in [0.15, 0.2) is 0 Å². The van der Waals surface area contributed by atoms with Gasteiger partial charge in [-0.1, -0.05) is 47.1 Å². The average molecular weight is 182 g/mol. The van der Waals surface area contributed by atoms with Gasteiger partial charge in [-0.2, -0.15) is 0 Å². The van der Waals surface area contributed by atoms with Crippen LogP contribution in [0.3, 0.4) is 0 Å². The SMILES string of the molecule is C=C(C=O)C(C)(C)C(C)CCCC. The van der Waals surface area contributed by atoms with Gasteiger partial charge in [-0.25, -0.2) is 0 Å². The standard InChI is InChI=1S/C12H22O/c1-6-7-8-10(2)12(4,5)11(3)9-13/h9-10H,3,6-8H2,1-2,4-5H3. The quantitative estimate of drug-likeness (QED) is 0.453. The maximum Gasteiger partial charge on any atom is 0.145 e. The number of rotatable bonds is 6. The molecule has 0 aromatic heterocycles. The molecule has 0 saturated carbocycles. The van der Waals surface area contributed by atoms with E-state index in [9.17, 15) is 4.79 Å².